The van der Waals surface area contributed by atoms with Crippen molar-refractivity contribution in [3.63, 3.8) is 0 Å². The minimum absolute atomic E-state index is 0.182. The number of primary amides is 1. The quantitative estimate of drug-likeness (QED) is 0.805. The van der Waals surface area contributed by atoms with E-state index in [0.29, 0.717) is 11.6 Å². The first-order chi connectivity index (χ1) is 10.6. The highest BCUT2D eigenvalue weighted by atomic mass is 35.5. The number of hydrogen-bond donors (Lipinski definition) is 3. The summed E-state index contributed by atoms with van der Waals surface area (Å²) in [5.41, 5.74) is 6.29. The Balaban J connectivity index is 1.96. The van der Waals surface area contributed by atoms with Crippen molar-refractivity contribution < 1.29 is 14.8 Å². The highest BCUT2D eigenvalue weighted by molar-refractivity contribution is 6.35. The molecule has 4 nitrogen and oxygen atoms in total. The molecule has 0 aromatic heterocycles. The fourth-order valence-corrected chi connectivity index (χ4v) is 3.68. The third kappa shape index (κ3) is 2.76. The maximum absolute atomic E-state index is 11.6. The van der Waals surface area contributed by atoms with Gasteiger partial charge in [0.1, 0.15) is 12.3 Å². The van der Waals surface area contributed by atoms with E-state index in [1.54, 1.807) is 6.07 Å². The van der Waals surface area contributed by atoms with Gasteiger partial charge in [0.15, 0.2) is 6.04 Å². The molecule has 4 N–H and O–H groups in total. The van der Waals surface area contributed by atoms with Gasteiger partial charge in [-0.25, -0.2) is 0 Å². The van der Waals surface area contributed by atoms with Crippen molar-refractivity contribution in [1.82, 2.24) is 0 Å². The number of phenols is 1. The van der Waals surface area contributed by atoms with E-state index in [1.807, 2.05) is 24.3 Å². The number of halogens is 1. The number of benzene rings is 2. The molecule has 1 heterocycles. The molecule has 1 fully saturated rings. The van der Waals surface area contributed by atoms with E-state index >= 15 is 0 Å². The van der Waals surface area contributed by atoms with Crippen molar-refractivity contribution in [2.45, 2.75) is 31.8 Å². The van der Waals surface area contributed by atoms with Gasteiger partial charge >= 0.3 is 0 Å². The average molecular weight is 320 g/mol. The number of likely N-dealkylation sites (tertiary alicyclic amines) is 1. The summed E-state index contributed by atoms with van der Waals surface area (Å²) in [5.74, 6) is -0.0117. The predicted molar refractivity (Wildman–Crippen MR) is 87.0 cm³/mol. The van der Waals surface area contributed by atoms with Gasteiger partial charge in [-0.3, -0.25) is 4.79 Å². The van der Waals surface area contributed by atoms with Gasteiger partial charge in [0.05, 0.1) is 12.1 Å². The molecule has 0 bridgehead atoms. The van der Waals surface area contributed by atoms with E-state index in [4.69, 9.17) is 17.3 Å². The molecule has 1 aliphatic rings. The number of carbonyl (C=O) groups is 1. The molecule has 0 radical (unpaired) electrons. The monoisotopic (exact) mass is 319 g/mol. The first-order valence-electron chi connectivity index (χ1n) is 7.61. The number of nitrogens with one attached hydrogen (secondary N) is 1. The lowest BCUT2D eigenvalue weighted by molar-refractivity contribution is -0.934. The van der Waals surface area contributed by atoms with Gasteiger partial charge in [0.2, 0.25) is 0 Å². The minimum atomic E-state index is -0.263. The van der Waals surface area contributed by atoms with Gasteiger partial charge in [-0.15, -0.1) is 0 Å². The molecule has 1 saturated heterocycles. The molecule has 1 unspecified atom stereocenters. The first-order valence-corrected chi connectivity index (χ1v) is 7.98. The Morgan fingerprint density at radius 3 is 2.77 bits per heavy atom. The summed E-state index contributed by atoms with van der Waals surface area (Å²) in [4.78, 5) is 12.7. The van der Waals surface area contributed by atoms with Gasteiger partial charge in [-0.05, 0) is 18.9 Å². The zero-order chi connectivity index (χ0) is 15.7. The molecule has 0 aliphatic carbocycles. The van der Waals surface area contributed by atoms with Crippen molar-refractivity contribution in [3.05, 3.63) is 40.9 Å². The lowest BCUT2D eigenvalue weighted by atomic mass is 9.99. The smallest absolute Gasteiger partial charge is 0.275 e. The van der Waals surface area contributed by atoms with Crippen molar-refractivity contribution in [2.24, 2.45) is 5.73 Å². The molecule has 5 heteroatoms. The second kappa shape index (κ2) is 6.15. The van der Waals surface area contributed by atoms with Gasteiger partial charge in [0, 0.05) is 22.2 Å². The van der Waals surface area contributed by atoms with Crippen LogP contribution in [-0.4, -0.2) is 23.6 Å². The van der Waals surface area contributed by atoms with E-state index in [-0.39, 0.29) is 17.7 Å². The molecular formula is C17H20ClN2O2+. The molecule has 2 aromatic carbocycles. The molecule has 1 amide bonds. The van der Waals surface area contributed by atoms with Crippen LogP contribution in [0.3, 0.4) is 0 Å². The fourth-order valence-electron chi connectivity index (χ4n) is 3.38. The predicted octanol–water partition coefficient (Wildman–Crippen LogP) is 1.62. The number of amides is 1. The van der Waals surface area contributed by atoms with Gasteiger partial charge in [-0.1, -0.05) is 35.9 Å². The fraction of sp³-hybridized carbons (Fsp3) is 0.353. The van der Waals surface area contributed by atoms with E-state index < -0.39 is 0 Å². The van der Waals surface area contributed by atoms with Crippen LogP contribution in [0.2, 0.25) is 5.02 Å². The molecule has 2 aromatic rings. The Bertz CT molecular complexity index is 717. The number of piperidine rings is 1. The number of rotatable bonds is 3. The second-order valence-corrected chi connectivity index (χ2v) is 6.35. The molecule has 3 rings (SSSR count). The second-order valence-electron chi connectivity index (χ2n) is 5.95. The van der Waals surface area contributed by atoms with Crippen LogP contribution in [0.4, 0.5) is 0 Å². The molecule has 1 aliphatic heterocycles. The van der Waals surface area contributed by atoms with Crippen LogP contribution in [0, 0.1) is 0 Å². The largest absolute Gasteiger partial charge is 0.507 e. The zero-order valence-electron chi connectivity index (χ0n) is 12.3. The Morgan fingerprint density at radius 1 is 1.32 bits per heavy atom. The molecule has 2 atom stereocenters. The number of fused-ring (bicyclic) bond motifs is 1. The lowest BCUT2D eigenvalue weighted by Gasteiger charge is -2.30. The standard InChI is InChI=1S/C17H19ClN2O2/c18-14-9-11(16(21)13-6-2-1-5-12(13)14)10-20-8-4-3-7-15(20)17(19)22/h1-2,5-6,9,15,21H,3-4,7-8,10H2,(H2,19,22)/p+1/t15-/m1/s1. The molecule has 0 spiro atoms. The number of hydrogen-bond acceptors (Lipinski definition) is 2. The van der Waals surface area contributed by atoms with Crippen LogP contribution in [-0.2, 0) is 11.3 Å². The van der Waals surface area contributed by atoms with Crippen LogP contribution in [0.15, 0.2) is 30.3 Å². The summed E-state index contributed by atoms with van der Waals surface area (Å²) >= 11 is 6.34. The number of carbonyl (C=O) groups excluding carboxylic acids is 1. The Hall–Kier alpha value is -1.78. The third-order valence-electron chi connectivity index (χ3n) is 4.54. The van der Waals surface area contributed by atoms with E-state index in [2.05, 4.69) is 0 Å². The lowest BCUT2D eigenvalue weighted by Crippen LogP contribution is -3.16. The van der Waals surface area contributed by atoms with Crippen molar-refractivity contribution in [2.75, 3.05) is 6.54 Å². The van der Waals surface area contributed by atoms with Crippen LogP contribution in [0.25, 0.3) is 10.8 Å². The van der Waals surface area contributed by atoms with Gasteiger partial charge in [0.25, 0.3) is 5.91 Å². The normalized spacial score (nSPS) is 21.9. The number of aromatic hydroxyl groups is 1. The third-order valence-corrected chi connectivity index (χ3v) is 4.85. The van der Waals surface area contributed by atoms with E-state index in [9.17, 15) is 9.90 Å². The average Bonchev–Trinajstić information content (AvgIpc) is 2.53. The summed E-state index contributed by atoms with van der Waals surface area (Å²) in [7, 11) is 0. The highest BCUT2D eigenvalue weighted by Crippen LogP contribution is 2.33. The summed E-state index contributed by atoms with van der Waals surface area (Å²) in [6, 6.07) is 9.14. The molecule has 116 valence electrons. The van der Waals surface area contributed by atoms with Crippen LogP contribution in [0.1, 0.15) is 24.8 Å². The maximum atomic E-state index is 11.6. The van der Waals surface area contributed by atoms with Gasteiger partial charge in [-0.2, -0.15) is 0 Å². The van der Waals surface area contributed by atoms with Crippen LogP contribution < -0.4 is 10.6 Å². The van der Waals surface area contributed by atoms with E-state index in [1.165, 1.54) is 0 Å². The van der Waals surface area contributed by atoms with Crippen molar-refractivity contribution in [3.8, 4) is 5.75 Å². The molecular weight excluding hydrogens is 300 g/mol. The van der Waals surface area contributed by atoms with Gasteiger partial charge < -0.3 is 15.7 Å². The first kappa shape index (κ1) is 15.1. The summed E-state index contributed by atoms with van der Waals surface area (Å²) in [5, 5.41) is 12.7. The summed E-state index contributed by atoms with van der Waals surface area (Å²) < 4.78 is 0. The molecule has 0 saturated carbocycles. The zero-order valence-corrected chi connectivity index (χ0v) is 13.1. The van der Waals surface area contributed by atoms with Crippen molar-refractivity contribution >= 4 is 28.3 Å². The topological polar surface area (TPSA) is 67.8 Å². The Morgan fingerprint density at radius 2 is 2.05 bits per heavy atom. The highest BCUT2D eigenvalue weighted by Gasteiger charge is 2.31. The van der Waals surface area contributed by atoms with Crippen LogP contribution >= 0.6 is 11.6 Å². The summed E-state index contributed by atoms with van der Waals surface area (Å²) in [6.07, 6.45) is 2.91. The van der Waals surface area contributed by atoms with Crippen LogP contribution in [0.5, 0.6) is 5.75 Å². The number of nitrogens with two attached hydrogens (primary N) is 1. The van der Waals surface area contributed by atoms with E-state index in [0.717, 1.165) is 47.0 Å². The minimum Gasteiger partial charge on any atom is -0.507 e. The molecule has 22 heavy (non-hydrogen) atoms. The Kier molecular flexibility index (Phi) is 4.23. The number of phenolic OH excluding ortho intramolecular Hbond substituents is 1. The SMILES string of the molecule is NC(=O)[C@H]1CCCC[NH+]1Cc1cc(Cl)c2ccccc2c1O. The Labute approximate surface area is 134 Å². The van der Waals surface area contributed by atoms with Crippen molar-refractivity contribution in [1.29, 1.82) is 0 Å². The maximum Gasteiger partial charge on any atom is 0.275 e. The summed E-state index contributed by atoms with van der Waals surface area (Å²) in [6.45, 7) is 1.45. The number of quaternary nitrogens is 1.